The van der Waals surface area contributed by atoms with Gasteiger partial charge in [0.1, 0.15) is 24.4 Å². The Balaban J connectivity index is 1.13. The maximum Gasteiger partial charge on any atom is 0.407 e. The number of aryl methyl sites for hydroxylation is 1. The average Bonchev–Trinajstić information content (AvgIpc) is 3.72. The summed E-state index contributed by atoms with van der Waals surface area (Å²) in [4.78, 5) is 39.2. The van der Waals surface area contributed by atoms with E-state index in [1.807, 2.05) is 73.7 Å². The summed E-state index contributed by atoms with van der Waals surface area (Å²) < 4.78 is 7.82. The zero-order valence-electron chi connectivity index (χ0n) is 24.6. The van der Waals surface area contributed by atoms with Crippen molar-refractivity contribution in [3.63, 3.8) is 0 Å². The number of ketones is 1. The Labute approximate surface area is 255 Å². The molecule has 2 fully saturated rings. The van der Waals surface area contributed by atoms with E-state index >= 15 is 0 Å². The molecule has 2 aliphatic rings. The summed E-state index contributed by atoms with van der Waals surface area (Å²) in [6.07, 6.45) is 9.53. The standard InChI is InChI=1S/C35H34N6O3/c1-23-11-16-37-27(17-23)18-29(42)26-9-7-25(8-10-26)28-19-41(32-30(28)31(36)38-22-39-32)35-14-12-34(21-35,13-15-35)40-33(43)44-20-24-5-3-2-4-6-24/h2-11,16-17,19,22H,12-15,18,20-21H2,1H3,(H,40,43)(H2,36,38,39). The number of amides is 1. The lowest BCUT2D eigenvalue weighted by atomic mass is 9.91. The fraction of sp³-hybridized carbons (Fsp3) is 0.286. The minimum Gasteiger partial charge on any atom is -0.445 e. The Bertz CT molecular complexity index is 1860. The number of benzene rings is 2. The van der Waals surface area contributed by atoms with Gasteiger partial charge >= 0.3 is 6.09 Å². The van der Waals surface area contributed by atoms with Crippen LogP contribution >= 0.6 is 0 Å². The molecule has 7 rings (SSSR count). The number of nitrogens with one attached hydrogen (secondary N) is 1. The van der Waals surface area contributed by atoms with Crippen molar-refractivity contribution in [2.45, 2.75) is 63.1 Å². The first kappa shape index (κ1) is 27.8. The van der Waals surface area contributed by atoms with Gasteiger partial charge in [0.05, 0.1) is 11.8 Å². The quantitative estimate of drug-likeness (QED) is 0.209. The van der Waals surface area contributed by atoms with E-state index in [0.717, 1.165) is 71.1 Å². The molecule has 1 amide bonds. The number of hydrogen-bond acceptors (Lipinski definition) is 7. The number of carbonyl (C=O) groups excluding carboxylic acids is 2. The maximum atomic E-state index is 13.0. The number of nitrogens with zero attached hydrogens (tertiary/aromatic N) is 4. The summed E-state index contributed by atoms with van der Waals surface area (Å²) in [5, 5.41) is 4.01. The Morgan fingerprint density at radius 2 is 1.75 bits per heavy atom. The molecule has 2 saturated carbocycles. The van der Waals surface area contributed by atoms with E-state index in [1.54, 1.807) is 6.20 Å². The summed E-state index contributed by atoms with van der Waals surface area (Å²) in [6.45, 7) is 2.23. The number of aromatic nitrogens is 4. The van der Waals surface area contributed by atoms with Crippen LogP contribution in [0.2, 0.25) is 0 Å². The topological polar surface area (TPSA) is 125 Å². The molecule has 3 N–H and O–H groups in total. The van der Waals surface area contributed by atoms with Crippen molar-refractivity contribution >= 4 is 28.7 Å². The summed E-state index contributed by atoms with van der Waals surface area (Å²) in [7, 11) is 0. The Kier molecular flexibility index (Phi) is 6.88. The molecule has 9 nitrogen and oxygen atoms in total. The highest BCUT2D eigenvalue weighted by Gasteiger charge is 2.56. The van der Waals surface area contributed by atoms with Crippen molar-refractivity contribution in [1.82, 2.24) is 24.8 Å². The van der Waals surface area contributed by atoms with Gasteiger partial charge in [0.25, 0.3) is 0 Å². The normalized spacial score (nSPS) is 20.6. The lowest BCUT2D eigenvalue weighted by molar-refractivity contribution is 0.0991. The number of ether oxygens (including phenoxy) is 1. The molecule has 2 aromatic carbocycles. The van der Waals surface area contributed by atoms with E-state index in [-0.39, 0.29) is 36.0 Å². The van der Waals surface area contributed by atoms with Crippen LogP contribution in [0.5, 0.6) is 0 Å². The van der Waals surface area contributed by atoms with Gasteiger partial charge in [0.15, 0.2) is 5.78 Å². The van der Waals surface area contributed by atoms with Crippen LogP contribution in [0.3, 0.4) is 0 Å². The third-order valence-corrected chi connectivity index (χ3v) is 9.34. The molecule has 0 radical (unpaired) electrons. The van der Waals surface area contributed by atoms with Crippen LogP contribution in [0.4, 0.5) is 10.6 Å². The summed E-state index contributed by atoms with van der Waals surface area (Å²) in [5.74, 6) is 0.428. The van der Waals surface area contributed by atoms with Gasteiger partial charge in [-0.3, -0.25) is 9.78 Å². The van der Waals surface area contributed by atoms with Crippen molar-refractivity contribution in [3.8, 4) is 11.1 Å². The van der Waals surface area contributed by atoms with Gasteiger partial charge in [-0.05, 0) is 67.9 Å². The van der Waals surface area contributed by atoms with Gasteiger partial charge in [0.2, 0.25) is 0 Å². The second-order valence-electron chi connectivity index (χ2n) is 12.2. The van der Waals surface area contributed by atoms with Gasteiger partial charge in [-0.15, -0.1) is 0 Å². The minimum atomic E-state index is -0.385. The van der Waals surface area contributed by atoms with Crippen LogP contribution in [0, 0.1) is 6.92 Å². The molecule has 0 unspecified atom stereocenters. The largest absolute Gasteiger partial charge is 0.445 e. The molecule has 3 aromatic heterocycles. The highest BCUT2D eigenvalue weighted by atomic mass is 16.5. The zero-order valence-corrected chi connectivity index (χ0v) is 24.6. The minimum absolute atomic E-state index is 0.0156. The van der Waals surface area contributed by atoms with Crippen molar-refractivity contribution in [3.05, 3.63) is 108 Å². The van der Waals surface area contributed by atoms with Gasteiger partial charge in [-0.2, -0.15) is 0 Å². The van der Waals surface area contributed by atoms with Crippen LogP contribution in [0.1, 0.15) is 59.3 Å². The number of alkyl carbamates (subject to hydrolysis) is 1. The number of rotatable bonds is 8. The Morgan fingerprint density at radius 3 is 2.50 bits per heavy atom. The van der Waals surface area contributed by atoms with E-state index in [0.29, 0.717) is 11.4 Å². The monoisotopic (exact) mass is 586 g/mol. The third-order valence-electron chi connectivity index (χ3n) is 9.34. The van der Waals surface area contributed by atoms with E-state index in [2.05, 4.69) is 31.0 Å². The first-order chi connectivity index (χ1) is 21.3. The first-order valence-electron chi connectivity index (χ1n) is 15.0. The van der Waals surface area contributed by atoms with E-state index in [1.165, 1.54) is 6.33 Å². The van der Waals surface area contributed by atoms with Crippen molar-refractivity contribution in [2.75, 3.05) is 5.73 Å². The molecule has 44 heavy (non-hydrogen) atoms. The van der Waals surface area contributed by atoms with Crippen molar-refractivity contribution in [2.24, 2.45) is 0 Å². The predicted octanol–water partition coefficient (Wildman–Crippen LogP) is 6.15. The molecule has 0 aliphatic heterocycles. The van der Waals surface area contributed by atoms with E-state index < -0.39 is 0 Å². The second kappa shape index (κ2) is 10.9. The molecule has 2 bridgehead atoms. The Hall–Kier alpha value is -5.05. The summed E-state index contributed by atoms with van der Waals surface area (Å²) in [5.41, 5.74) is 12.0. The zero-order chi connectivity index (χ0) is 30.3. The average molecular weight is 587 g/mol. The summed E-state index contributed by atoms with van der Waals surface area (Å²) >= 11 is 0. The van der Waals surface area contributed by atoms with Crippen LogP contribution in [0.25, 0.3) is 22.2 Å². The second-order valence-corrected chi connectivity index (χ2v) is 12.2. The number of nitrogens with two attached hydrogens (primary N) is 1. The number of nitrogen functional groups attached to an aromatic ring is 1. The molecule has 9 heteroatoms. The van der Waals surface area contributed by atoms with Gasteiger partial charge in [0, 0.05) is 40.3 Å². The van der Waals surface area contributed by atoms with E-state index in [9.17, 15) is 9.59 Å². The number of anilines is 1. The van der Waals surface area contributed by atoms with Crippen LogP contribution in [-0.2, 0) is 23.3 Å². The van der Waals surface area contributed by atoms with Crippen LogP contribution in [-0.4, -0.2) is 36.9 Å². The van der Waals surface area contributed by atoms with Gasteiger partial charge in [-0.1, -0.05) is 54.6 Å². The molecule has 0 saturated heterocycles. The highest BCUT2D eigenvalue weighted by Crippen LogP contribution is 2.56. The lowest BCUT2D eigenvalue weighted by Gasteiger charge is -2.29. The molecule has 222 valence electrons. The van der Waals surface area contributed by atoms with Crippen molar-refractivity contribution < 1.29 is 14.3 Å². The fourth-order valence-electron chi connectivity index (χ4n) is 7.11. The third kappa shape index (κ3) is 5.08. The number of fused-ring (bicyclic) bond motifs is 3. The maximum absolute atomic E-state index is 13.0. The SMILES string of the molecule is Cc1ccnc(CC(=O)c2ccc(-c3cn(C45CCC(NC(=O)OCc6ccccc6)(CC4)C5)c4ncnc(N)c34)cc2)c1. The number of pyridine rings is 1. The van der Waals surface area contributed by atoms with Gasteiger partial charge in [-0.25, -0.2) is 14.8 Å². The number of carbonyl (C=O) groups is 2. The summed E-state index contributed by atoms with van der Waals surface area (Å²) in [6, 6.07) is 21.2. The predicted molar refractivity (Wildman–Crippen MR) is 168 cm³/mol. The molecule has 0 atom stereocenters. The van der Waals surface area contributed by atoms with E-state index in [4.69, 9.17) is 10.5 Å². The molecule has 0 spiro atoms. The van der Waals surface area contributed by atoms with Crippen LogP contribution < -0.4 is 11.1 Å². The van der Waals surface area contributed by atoms with Crippen LogP contribution in [0.15, 0.2) is 85.5 Å². The molecule has 5 aromatic rings. The first-order valence-corrected chi connectivity index (χ1v) is 15.0. The number of hydrogen-bond donors (Lipinski definition) is 2. The molecular weight excluding hydrogens is 552 g/mol. The molecule has 2 aliphatic carbocycles. The molecular formula is C35H34N6O3. The fourth-order valence-corrected chi connectivity index (χ4v) is 7.11. The van der Waals surface area contributed by atoms with Crippen molar-refractivity contribution in [1.29, 1.82) is 0 Å². The smallest absolute Gasteiger partial charge is 0.407 e. The lowest BCUT2D eigenvalue weighted by Crippen LogP contribution is -2.45. The highest BCUT2D eigenvalue weighted by molar-refractivity contribution is 6.02. The van der Waals surface area contributed by atoms with Gasteiger partial charge < -0.3 is 20.4 Å². The Morgan fingerprint density at radius 1 is 0.977 bits per heavy atom. The number of Topliss-reactive ketones (excluding diaryl/α,β-unsaturated/α-hetero) is 1. The molecule has 3 heterocycles.